The quantitative estimate of drug-likeness (QED) is 0.698. The van der Waals surface area contributed by atoms with Crippen LogP contribution >= 0.6 is 0 Å². The fourth-order valence-electron chi connectivity index (χ4n) is 2.50. The predicted octanol–water partition coefficient (Wildman–Crippen LogP) is 0.0970. The van der Waals surface area contributed by atoms with Crippen molar-refractivity contribution in [3.05, 3.63) is 0 Å². The highest BCUT2D eigenvalue weighted by Crippen LogP contribution is 2.24. The van der Waals surface area contributed by atoms with Crippen molar-refractivity contribution in [2.75, 3.05) is 33.2 Å². The van der Waals surface area contributed by atoms with Crippen LogP contribution in [0.25, 0.3) is 0 Å². The highest BCUT2D eigenvalue weighted by molar-refractivity contribution is 5.67. The van der Waals surface area contributed by atoms with Crippen molar-refractivity contribution in [2.24, 2.45) is 5.92 Å². The van der Waals surface area contributed by atoms with Gasteiger partial charge in [-0.3, -0.25) is 9.69 Å². The van der Waals surface area contributed by atoms with Gasteiger partial charge in [-0.25, -0.2) is 0 Å². The summed E-state index contributed by atoms with van der Waals surface area (Å²) in [5.41, 5.74) is 0. The summed E-state index contributed by atoms with van der Waals surface area (Å²) in [5, 5.41) is 8.69. The molecule has 2 rings (SSSR count). The van der Waals surface area contributed by atoms with E-state index in [2.05, 4.69) is 16.8 Å². The van der Waals surface area contributed by atoms with Crippen molar-refractivity contribution < 1.29 is 9.90 Å². The van der Waals surface area contributed by atoms with Gasteiger partial charge in [0.2, 0.25) is 0 Å². The van der Waals surface area contributed by atoms with Gasteiger partial charge in [-0.2, -0.15) is 0 Å². The van der Waals surface area contributed by atoms with Gasteiger partial charge in [0, 0.05) is 32.1 Å². The van der Waals surface area contributed by atoms with Gasteiger partial charge in [0.1, 0.15) is 0 Å². The molecule has 0 bridgehead atoms. The number of carbonyl (C=O) groups is 1. The predicted molar refractivity (Wildman–Crippen MR) is 53.2 cm³/mol. The Labute approximate surface area is 84.5 Å². The zero-order valence-electron chi connectivity index (χ0n) is 8.65. The van der Waals surface area contributed by atoms with E-state index in [1.54, 1.807) is 0 Å². The van der Waals surface area contributed by atoms with Gasteiger partial charge in [-0.15, -0.1) is 0 Å². The van der Waals surface area contributed by atoms with E-state index in [4.69, 9.17) is 5.11 Å². The van der Waals surface area contributed by atoms with Gasteiger partial charge in [0.25, 0.3) is 0 Å². The van der Waals surface area contributed by atoms with Gasteiger partial charge < -0.3 is 10.0 Å². The molecule has 4 nitrogen and oxygen atoms in total. The van der Waals surface area contributed by atoms with Crippen molar-refractivity contribution in [1.29, 1.82) is 0 Å². The molecule has 0 spiro atoms. The first-order chi connectivity index (χ1) is 6.65. The summed E-state index contributed by atoms with van der Waals surface area (Å²) < 4.78 is 0. The average Bonchev–Trinajstić information content (AvgIpc) is 2.46. The molecule has 0 aromatic heterocycles. The lowest BCUT2D eigenvalue weighted by atomic mass is 10.1. The van der Waals surface area contributed by atoms with Crippen LogP contribution in [0.4, 0.5) is 0 Å². The Morgan fingerprint density at radius 1 is 1.43 bits per heavy atom. The summed E-state index contributed by atoms with van der Waals surface area (Å²) in [6, 6.07) is 0.693. The van der Waals surface area contributed by atoms with Gasteiger partial charge in [-0.1, -0.05) is 0 Å². The fourth-order valence-corrected chi connectivity index (χ4v) is 2.50. The second-order valence-electron chi connectivity index (χ2n) is 4.62. The van der Waals surface area contributed by atoms with Crippen molar-refractivity contribution in [1.82, 2.24) is 9.80 Å². The summed E-state index contributed by atoms with van der Waals surface area (Å²) in [4.78, 5) is 15.3. The van der Waals surface area contributed by atoms with Crippen LogP contribution in [-0.4, -0.2) is 60.1 Å². The summed E-state index contributed by atoms with van der Waals surface area (Å²) >= 11 is 0. The van der Waals surface area contributed by atoms with E-state index in [-0.39, 0.29) is 0 Å². The number of hydrogen-bond acceptors (Lipinski definition) is 3. The normalized spacial score (nSPS) is 30.5. The third-order valence-electron chi connectivity index (χ3n) is 3.34. The number of carboxylic acids is 1. The molecule has 4 heteroatoms. The zero-order chi connectivity index (χ0) is 10.1. The molecule has 2 fully saturated rings. The lowest BCUT2D eigenvalue weighted by Gasteiger charge is -2.42. The van der Waals surface area contributed by atoms with Gasteiger partial charge in [0.15, 0.2) is 0 Å². The lowest BCUT2D eigenvalue weighted by molar-refractivity contribution is -0.138. The second kappa shape index (κ2) is 3.87. The number of rotatable bonds is 3. The smallest absolute Gasteiger partial charge is 0.303 e. The minimum absolute atomic E-state index is 0.346. The van der Waals surface area contributed by atoms with Crippen LogP contribution in [0.1, 0.15) is 12.8 Å². The maximum absolute atomic E-state index is 10.5. The Morgan fingerprint density at radius 3 is 2.71 bits per heavy atom. The van der Waals surface area contributed by atoms with Crippen molar-refractivity contribution in [3.8, 4) is 0 Å². The third kappa shape index (κ3) is 2.07. The molecule has 0 saturated carbocycles. The molecule has 2 saturated heterocycles. The highest BCUT2D eigenvalue weighted by atomic mass is 16.4. The first-order valence-electron chi connectivity index (χ1n) is 5.29. The Hall–Kier alpha value is -0.610. The molecule has 0 aromatic carbocycles. The minimum atomic E-state index is -0.650. The second-order valence-corrected chi connectivity index (χ2v) is 4.62. The molecule has 1 atom stereocenters. The number of carboxylic acid groups (broad SMARTS) is 1. The SMILES string of the molecule is CN1CC(N2CCC(CC(=O)O)C2)C1. The Bertz CT molecular complexity index is 226. The van der Waals surface area contributed by atoms with E-state index >= 15 is 0 Å². The summed E-state index contributed by atoms with van der Waals surface area (Å²) in [6.45, 7) is 4.39. The molecule has 0 aliphatic carbocycles. The van der Waals surface area contributed by atoms with E-state index in [0.717, 1.165) is 32.6 Å². The highest BCUT2D eigenvalue weighted by Gasteiger charge is 2.34. The van der Waals surface area contributed by atoms with Crippen LogP contribution in [0.5, 0.6) is 0 Å². The molecule has 0 aromatic rings. The van der Waals surface area contributed by atoms with Crippen LogP contribution in [0.3, 0.4) is 0 Å². The third-order valence-corrected chi connectivity index (χ3v) is 3.34. The molecule has 0 amide bonds. The average molecular weight is 198 g/mol. The standard InChI is InChI=1S/C10H18N2O2/c1-11-6-9(7-11)12-3-2-8(5-12)4-10(13)14/h8-9H,2-7H2,1H3,(H,13,14). The number of likely N-dealkylation sites (N-methyl/N-ethyl adjacent to an activating group) is 1. The first-order valence-corrected chi connectivity index (χ1v) is 5.29. The monoisotopic (exact) mass is 198 g/mol. The maximum atomic E-state index is 10.5. The lowest BCUT2D eigenvalue weighted by Crippen LogP contribution is -2.57. The van der Waals surface area contributed by atoms with Crippen LogP contribution in [-0.2, 0) is 4.79 Å². The molecule has 1 N–H and O–H groups in total. The van der Waals surface area contributed by atoms with E-state index in [1.165, 1.54) is 0 Å². The van der Waals surface area contributed by atoms with E-state index in [9.17, 15) is 4.79 Å². The minimum Gasteiger partial charge on any atom is -0.481 e. The molecular formula is C10H18N2O2. The summed E-state index contributed by atoms with van der Waals surface area (Å²) in [7, 11) is 2.13. The van der Waals surface area contributed by atoms with Crippen LogP contribution in [0.15, 0.2) is 0 Å². The molecule has 2 aliphatic rings. The molecule has 0 radical (unpaired) electrons. The van der Waals surface area contributed by atoms with E-state index < -0.39 is 5.97 Å². The molecular weight excluding hydrogens is 180 g/mol. The number of nitrogens with zero attached hydrogens (tertiary/aromatic N) is 2. The molecule has 14 heavy (non-hydrogen) atoms. The van der Waals surface area contributed by atoms with Crippen LogP contribution < -0.4 is 0 Å². The number of aliphatic carboxylic acids is 1. The van der Waals surface area contributed by atoms with Crippen molar-refractivity contribution >= 4 is 5.97 Å². The summed E-state index contributed by atoms with van der Waals surface area (Å²) in [6.07, 6.45) is 1.41. The van der Waals surface area contributed by atoms with Gasteiger partial charge in [0.05, 0.1) is 0 Å². The van der Waals surface area contributed by atoms with E-state index in [0.29, 0.717) is 18.4 Å². The van der Waals surface area contributed by atoms with Crippen LogP contribution in [0, 0.1) is 5.92 Å². The summed E-state index contributed by atoms with van der Waals surface area (Å²) in [5.74, 6) is -0.263. The molecule has 2 aliphatic heterocycles. The maximum Gasteiger partial charge on any atom is 0.303 e. The topological polar surface area (TPSA) is 43.8 Å². The fraction of sp³-hybridized carbons (Fsp3) is 0.900. The molecule has 2 heterocycles. The number of likely N-dealkylation sites (tertiary alicyclic amines) is 2. The Kier molecular flexibility index (Phi) is 2.74. The Balaban J connectivity index is 1.74. The van der Waals surface area contributed by atoms with Gasteiger partial charge >= 0.3 is 5.97 Å². The largest absolute Gasteiger partial charge is 0.481 e. The van der Waals surface area contributed by atoms with Crippen molar-refractivity contribution in [2.45, 2.75) is 18.9 Å². The number of hydrogen-bond donors (Lipinski definition) is 1. The van der Waals surface area contributed by atoms with Gasteiger partial charge in [-0.05, 0) is 25.9 Å². The van der Waals surface area contributed by atoms with E-state index in [1.807, 2.05) is 0 Å². The Morgan fingerprint density at radius 2 is 2.14 bits per heavy atom. The molecule has 1 unspecified atom stereocenters. The first kappa shape index (κ1) is 9.93. The van der Waals surface area contributed by atoms with Crippen LogP contribution in [0.2, 0.25) is 0 Å². The van der Waals surface area contributed by atoms with Crippen molar-refractivity contribution in [3.63, 3.8) is 0 Å². The zero-order valence-corrected chi connectivity index (χ0v) is 8.65. The molecule has 80 valence electrons.